The summed E-state index contributed by atoms with van der Waals surface area (Å²) in [5.41, 5.74) is 1.11. The van der Waals surface area contributed by atoms with Crippen LogP contribution in [0.1, 0.15) is 5.56 Å². The van der Waals surface area contributed by atoms with Crippen LogP contribution in [0.3, 0.4) is 0 Å². The summed E-state index contributed by atoms with van der Waals surface area (Å²) in [7, 11) is 1.56. The largest absolute Gasteiger partial charge is 0.493 e. The third kappa shape index (κ3) is 3.88. The summed E-state index contributed by atoms with van der Waals surface area (Å²) < 4.78 is 24.0. The van der Waals surface area contributed by atoms with Crippen LogP contribution in [0.4, 0.5) is 10.1 Å². The maximum Gasteiger partial charge on any atom is 0.313 e. The van der Waals surface area contributed by atoms with Crippen LogP contribution in [0, 0.1) is 5.82 Å². The molecule has 2 N–H and O–H groups in total. The molecule has 25 heavy (non-hydrogen) atoms. The molecular weight excluding hydrogens is 327 g/mol. The van der Waals surface area contributed by atoms with E-state index < -0.39 is 17.6 Å². The average molecular weight is 344 g/mol. The number of carbonyl (C=O) groups is 2. The van der Waals surface area contributed by atoms with Gasteiger partial charge in [-0.25, -0.2) is 4.39 Å². The molecule has 2 amide bonds. The van der Waals surface area contributed by atoms with Crippen molar-refractivity contribution in [2.75, 3.05) is 19.0 Å². The van der Waals surface area contributed by atoms with Gasteiger partial charge < -0.3 is 20.1 Å². The van der Waals surface area contributed by atoms with Crippen molar-refractivity contribution in [3.05, 3.63) is 53.8 Å². The molecule has 1 heterocycles. The molecule has 0 aliphatic carbocycles. The van der Waals surface area contributed by atoms with Gasteiger partial charge in [0.1, 0.15) is 12.4 Å². The molecule has 2 aromatic carbocycles. The van der Waals surface area contributed by atoms with E-state index >= 15 is 0 Å². The highest BCUT2D eigenvalue weighted by Gasteiger charge is 2.26. The Hall–Kier alpha value is -3.09. The molecule has 0 radical (unpaired) electrons. The summed E-state index contributed by atoms with van der Waals surface area (Å²) in [6.07, 6.45) is 0.519. The first-order valence-electron chi connectivity index (χ1n) is 7.73. The predicted molar refractivity (Wildman–Crippen MR) is 89.2 cm³/mol. The van der Waals surface area contributed by atoms with Crippen molar-refractivity contribution in [3.63, 3.8) is 0 Å². The Balaban J connectivity index is 1.61. The molecule has 0 spiro atoms. The summed E-state index contributed by atoms with van der Waals surface area (Å²) >= 11 is 0. The van der Waals surface area contributed by atoms with Crippen LogP contribution >= 0.6 is 0 Å². The number of fused-ring (bicyclic) bond motifs is 1. The van der Waals surface area contributed by atoms with Gasteiger partial charge in [0.05, 0.1) is 13.2 Å². The highest BCUT2D eigenvalue weighted by molar-refractivity contribution is 6.39. The Morgan fingerprint density at radius 3 is 2.76 bits per heavy atom. The van der Waals surface area contributed by atoms with Gasteiger partial charge in [-0.1, -0.05) is 18.2 Å². The molecular formula is C18H17FN2O4. The van der Waals surface area contributed by atoms with Crippen LogP contribution in [0.15, 0.2) is 42.5 Å². The first-order chi connectivity index (χ1) is 12.1. The number of methoxy groups -OCH3 is 1. The number of halogens is 1. The van der Waals surface area contributed by atoms with E-state index in [1.54, 1.807) is 13.2 Å². The smallest absolute Gasteiger partial charge is 0.313 e. The molecule has 2 aromatic rings. The van der Waals surface area contributed by atoms with Gasteiger partial charge in [0.25, 0.3) is 0 Å². The molecule has 1 aliphatic heterocycles. The first-order valence-corrected chi connectivity index (χ1v) is 7.73. The topological polar surface area (TPSA) is 76.7 Å². The normalized spacial score (nSPS) is 15.5. The van der Waals surface area contributed by atoms with E-state index in [0.717, 1.165) is 11.6 Å². The number of benzene rings is 2. The fraction of sp³-hybridized carbons (Fsp3) is 0.222. The van der Waals surface area contributed by atoms with E-state index in [9.17, 15) is 14.0 Å². The summed E-state index contributed by atoms with van der Waals surface area (Å²) in [5, 5.41) is 4.98. The predicted octanol–water partition coefficient (Wildman–Crippen LogP) is 1.89. The Kier molecular flexibility index (Phi) is 4.83. The van der Waals surface area contributed by atoms with E-state index in [4.69, 9.17) is 9.47 Å². The second-order valence-corrected chi connectivity index (χ2v) is 5.60. The zero-order valence-corrected chi connectivity index (χ0v) is 13.5. The summed E-state index contributed by atoms with van der Waals surface area (Å²) in [4.78, 5) is 24.0. The molecule has 3 rings (SSSR count). The molecule has 1 atom stereocenters. The van der Waals surface area contributed by atoms with Gasteiger partial charge in [0.15, 0.2) is 11.5 Å². The number of hydrogen-bond donors (Lipinski definition) is 2. The summed E-state index contributed by atoms with van der Waals surface area (Å²) in [6, 6.07) is 10.5. The zero-order valence-electron chi connectivity index (χ0n) is 13.5. The minimum Gasteiger partial charge on any atom is -0.493 e. The lowest BCUT2D eigenvalue weighted by atomic mass is 10.0. The average Bonchev–Trinajstić information content (AvgIpc) is 2.61. The number of nitrogens with one attached hydrogen (secondary N) is 2. The van der Waals surface area contributed by atoms with Crippen molar-refractivity contribution >= 4 is 17.5 Å². The van der Waals surface area contributed by atoms with E-state index in [1.807, 2.05) is 12.1 Å². The zero-order chi connectivity index (χ0) is 17.8. The van der Waals surface area contributed by atoms with Gasteiger partial charge >= 0.3 is 11.8 Å². The highest BCUT2D eigenvalue weighted by Crippen LogP contribution is 2.34. The third-order valence-electron chi connectivity index (χ3n) is 3.80. The van der Waals surface area contributed by atoms with Crippen molar-refractivity contribution in [1.82, 2.24) is 5.32 Å². The van der Waals surface area contributed by atoms with Gasteiger partial charge in [0.2, 0.25) is 0 Å². The number of ether oxygens (including phenoxy) is 2. The Labute approximate surface area is 143 Å². The lowest BCUT2D eigenvalue weighted by molar-refractivity contribution is -0.136. The van der Waals surface area contributed by atoms with Crippen LogP contribution < -0.4 is 20.1 Å². The molecule has 6 nitrogen and oxygen atoms in total. The minimum atomic E-state index is -0.859. The van der Waals surface area contributed by atoms with Crippen molar-refractivity contribution in [1.29, 1.82) is 0 Å². The lowest BCUT2D eigenvalue weighted by Crippen LogP contribution is -2.47. The Morgan fingerprint density at radius 2 is 2.00 bits per heavy atom. The number of para-hydroxylation sites is 1. The molecule has 0 bridgehead atoms. The van der Waals surface area contributed by atoms with E-state index in [2.05, 4.69) is 10.6 Å². The molecule has 1 aliphatic rings. The van der Waals surface area contributed by atoms with Crippen LogP contribution in [0.25, 0.3) is 0 Å². The Bertz CT molecular complexity index is 809. The van der Waals surface area contributed by atoms with Crippen molar-refractivity contribution in [2.24, 2.45) is 0 Å². The summed E-state index contributed by atoms with van der Waals surface area (Å²) in [5.74, 6) is -0.874. The molecule has 1 unspecified atom stereocenters. The van der Waals surface area contributed by atoms with Gasteiger partial charge in [-0.3, -0.25) is 9.59 Å². The van der Waals surface area contributed by atoms with Gasteiger partial charge in [-0.15, -0.1) is 0 Å². The molecule has 0 saturated heterocycles. The quantitative estimate of drug-likeness (QED) is 0.834. The molecule has 0 saturated carbocycles. The van der Waals surface area contributed by atoms with Gasteiger partial charge in [-0.05, 0) is 30.7 Å². The van der Waals surface area contributed by atoms with Crippen LogP contribution in [0.5, 0.6) is 11.5 Å². The van der Waals surface area contributed by atoms with Crippen molar-refractivity contribution < 1.29 is 23.5 Å². The second kappa shape index (κ2) is 7.21. The standard InChI is InChI=1S/C18H17FN2O4/c1-24-15-7-2-4-11-8-14(10-25-16(11)15)21-18(23)17(22)20-13-6-3-5-12(19)9-13/h2-7,9,14H,8,10H2,1H3,(H,20,22)(H,21,23). The van der Waals surface area contributed by atoms with Crippen LogP contribution in [-0.4, -0.2) is 31.6 Å². The minimum absolute atomic E-state index is 0.218. The second-order valence-electron chi connectivity index (χ2n) is 5.60. The maximum atomic E-state index is 13.1. The van der Waals surface area contributed by atoms with Gasteiger partial charge in [-0.2, -0.15) is 0 Å². The fourth-order valence-corrected chi connectivity index (χ4v) is 2.65. The molecule has 0 aromatic heterocycles. The lowest BCUT2D eigenvalue weighted by Gasteiger charge is -2.26. The van der Waals surface area contributed by atoms with Crippen LogP contribution in [-0.2, 0) is 16.0 Å². The van der Waals surface area contributed by atoms with E-state index in [0.29, 0.717) is 17.9 Å². The maximum absolute atomic E-state index is 13.1. The first kappa shape index (κ1) is 16.8. The molecule has 130 valence electrons. The summed E-state index contributed by atoms with van der Waals surface area (Å²) in [6.45, 7) is 0.229. The highest BCUT2D eigenvalue weighted by atomic mass is 19.1. The third-order valence-corrected chi connectivity index (χ3v) is 3.80. The molecule has 0 fully saturated rings. The van der Waals surface area contributed by atoms with E-state index in [-0.39, 0.29) is 18.3 Å². The van der Waals surface area contributed by atoms with Crippen LogP contribution in [0.2, 0.25) is 0 Å². The van der Waals surface area contributed by atoms with Crippen molar-refractivity contribution in [3.8, 4) is 11.5 Å². The van der Waals surface area contributed by atoms with Crippen molar-refractivity contribution in [2.45, 2.75) is 12.5 Å². The monoisotopic (exact) mass is 344 g/mol. The number of anilines is 1. The number of carbonyl (C=O) groups excluding carboxylic acids is 2. The van der Waals surface area contributed by atoms with Gasteiger partial charge in [0, 0.05) is 11.3 Å². The number of rotatable bonds is 3. The number of hydrogen-bond acceptors (Lipinski definition) is 4. The Morgan fingerprint density at radius 1 is 1.20 bits per heavy atom. The van der Waals surface area contributed by atoms with E-state index in [1.165, 1.54) is 18.2 Å². The molecule has 7 heteroatoms. The SMILES string of the molecule is COc1cccc2c1OCC(NC(=O)C(=O)Nc1cccc(F)c1)C2. The fourth-order valence-electron chi connectivity index (χ4n) is 2.65. The number of amides is 2.